The van der Waals surface area contributed by atoms with Crippen LogP contribution in [0.1, 0.15) is 33.6 Å². The number of nitrogens with one attached hydrogen (secondary N) is 1. The number of rotatable bonds is 7. The maximum Gasteiger partial charge on any atom is 0.120 e. The van der Waals surface area contributed by atoms with Gasteiger partial charge in [-0.1, -0.05) is 33.3 Å². The fourth-order valence-corrected chi connectivity index (χ4v) is 2.14. The van der Waals surface area contributed by atoms with Crippen LogP contribution in [0.5, 0.6) is 5.75 Å². The molecule has 0 spiro atoms. The van der Waals surface area contributed by atoms with E-state index in [1.807, 2.05) is 12.1 Å². The van der Waals surface area contributed by atoms with Crippen LogP contribution >= 0.6 is 22.6 Å². The Morgan fingerprint density at radius 3 is 2.71 bits per heavy atom. The Labute approximate surface area is 118 Å². The van der Waals surface area contributed by atoms with Crippen LogP contribution in [-0.2, 0) is 0 Å². The predicted molar refractivity (Wildman–Crippen MR) is 81.6 cm³/mol. The van der Waals surface area contributed by atoms with Gasteiger partial charge >= 0.3 is 0 Å². The first-order valence-electron chi connectivity index (χ1n) is 6.27. The minimum atomic E-state index is 0.264. The van der Waals surface area contributed by atoms with Crippen LogP contribution in [0.15, 0.2) is 24.3 Å². The third-order valence-corrected chi connectivity index (χ3v) is 3.13. The molecule has 96 valence electrons. The van der Waals surface area contributed by atoms with E-state index in [1.165, 1.54) is 3.57 Å². The molecule has 0 aliphatic rings. The third kappa shape index (κ3) is 6.27. The lowest BCUT2D eigenvalue weighted by Crippen LogP contribution is -2.35. The molecule has 17 heavy (non-hydrogen) atoms. The molecule has 3 heteroatoms. The molecule has 0 fully saturated rings. The van der Waals surface area contributed by atoms with E-state index >= 15 is 0 Å². The summed E-state index contributed by atoms with van der Waals surface area (Å²) >= 11 is 2.31. The molecule has 0 bridgehead atoms. The second-order valence-corrected chi connectivity index (χ2v) is 5.79. The molecule has 0 aliphatic heterocycles. The molecule has 0 aromatic heterocycles. The molecule has 1 aromatic rings. The first-order valence-corrected chi connectivity index (χ1v) is 7.35. The fraction of sp³-hybridized carbons (Fsp3) is 0.571. The molecule has 0 amide bonds. The first-order chi connectivity index (χ1) is 8.11. The van der Waals surface area contributed by atoms with Crippen molar-refractivity contribution in [2.45, 2.75) is 45.8 Å². The smallest absolute Gasteiger partial charge is 0.120 e. The van der Waals surface area contributed by atoms with Crippen LogP contribution < -0.4 is 10.1 Å². The van der Waals surface area contributed by atoms with Crippen molar-refractivity contribution in [3.63, 3.8) is 0 Å². The lowest BCUT2D eigenvalue weighted by Gasteiger charge is -2.20. The average Bonchev–Trinajstić information content (AvgIpc) is 2.26. The lowest BCUT2D eigenvalue weighted by atomic mass is 10.2. The summed E-state index contributed by atoms with van der Waals surface area (Å²) in [5.41, 5.74) is 0. The number of hydrogen-bond acceptors (Lipinski definition) is 2. The van der Waals surface area contributed by atoms with Crippen molar-refractivity contribution in [1.82, 2.24) is 5.32 Å². The summed E-state index contributed by atoms with van der Waals surface area (Å²) in [6.45, 7) is 7.43. The van der Waals surface area contributed by atoms with Crippen molar-refractivity contribution in [2.24, 2.45) is 0 Å². The largest absolute Gasteiger partial charge is 0.489 e. The van der Waals surface area contributed by atoms with Crippen molar-refractivity contribution in [1.29, 1.82) is 0 Å². The molecular formula is C14H22INO. The van der Waals surface area contributed by atoms with Crippen molar-refractivity contribution < 1.29 is 4.74 Å². The topological polar surface area (TPSA) is 21.3 Å². The Balaban J connectivity index is 2.53. The van der Waals surface area contributed by atoms with E-state index in [1.54, 1.807) is 0 Å². The molecule has 1 rings (SSSR count). The van der Waals surface area contributed by atoms with Gasteiger partial charge in [0.05, 0.1) is 0 Å². The Hall–Kier alpha value is -0.290. The van der Waals surface area contributed by atoms with E-state index in [0.717, 1.165) is 25.1 Å². The number of benzene rings is 1. The van der Waals surface area contributed by atoms with Gasteiger partial charge in [-0.15, -0.1) is 0 Å². The van der Waals surface area contributed by atoms with Crippen molar-refractivity contribution in [2.75, 3.05) is 6.54 Å². The van der Waals surface area contributed by atoms with Crippen molar-refractivity contribution in [3.05, 3.63) is 27.8 Å². The monoisotopic (exact) mass is 347 g/mol. The molecule has 1 unspecified atom stereocenters. The van der Waals surface area contributed by atoms with E-state index in [-0.39, 0.29) is 6.10 Å². The summed E-state index contributed by atoms with van der Waals surface area (Å²) in [6, 6.07) is 8.73. The normalized spacial score (nSPS) is 12.8. The molecule has 1 atom stereocenters. The van der Waals surface area contributed by atoms with Gasteiger partial charge in [0.15, 0.2) is 0 Å². The average molecular weight is 347 g/mol. The second kappa shape index (κ2) is 7.93. The number of ether oxygens (including phenoxy) is 1. The molecule has 1 N–H and O–H groups in total. The summed E-state index contributed by atoms with van der Waals surface area (Å²) in [5, 5.41) is 3.44. The van der Waals surface area contributed by atoms with Gasteiger partial charge in [-0.25, -0.2) is 0 Å². The van der Waals surface area contributed by atoms with Gasteiger partial charge in [-0.3, -0.25) is 0 Å². The van der Waals surface area contributed by atoms with Gasteiger partial charge in [-0.05, 0) is 47.2 Å². The molecule has 0 saturated carbocycles. The maximum atomic E-state index is 6.02. The molecule has 0 aliphatic carbocycles. The zero-order valence-electron chi connectivity index (χ0n) is 10.9. The molecule has 2 nitrogen and oxygen atoms in total. The van der Waals surface area contributed by atoms with E-state index in [4.69, 9.17) is 4.74 Å². The maximum absolute atomic E-state index is 6.02. The van der Waals surface area contributed by atoms with E-state index in [0.29, 0.717) is 6.04 Å². The Kier molecular flexibility index (Phi) is 6.89. The first kappa shape index (κ1) is 14.8. The second-order valence-electron chi connectivity index (χ2n) is 4.55. The van der Waals surface area contributed by atoms with Gasteiger partial charge in [0, 0.05) is 16.2 Å². The highest BCUT2D eigenvalue weighted by molar-refractivity contribution is 14.1. The van der Waals surface area contributed by atoms with Gasteiger partial charge < -0.3 is 10.1 Å². The highest BCUT2D eigenvalue weighted by atomic mass is 127. The molecular weight excluding hydrogens is 325 g/mol. The van der Waals surface area contributed by atoms with E-state index in [9.17, 15) is 0 Å². The summed E-state index contributed by atoms with van der Waals surface area (Å²) in [6.07, 6.45) is 2.50. The molecule has 0 saturated heterocycles. The minimum Gasteiger partial charge on any atom is -0.489 e. The van der Waals surface area contributed by atoms with Gasteiger partial charge in [-0.2, -0.15) is 0 Å². The van der Waals surface area contributed by atoms with Crippen LogP contribution in [0.3, 0.4) is 0 Å². The lowest BCUT2D eigenvalue weighted by molar-refractivity contribution is 0.183. The van der Waals surface area contributed by atoms with E-state index < -0.39 is 0 Å². The number of halogens is 1. The standard InChI is InChI=1S/C14H22INO/c1-4-6-14(10-16-11(2)3)17-13-8-5-7-12(15)9-13/h5,7-9,11,14,16H,4,6,10H2,1-3H3. The molecule has 0 radical (unpaired) electrons. The molecule has 0 heterocycles. The summed E-state index contributed by atoms with van der Waals surface area (Å²) in [5.74, 6) is 0.973. The molecule has 1 aromatic carbocycles. The number of hydrogen-bond donors (Lipinski definition) is 1. The zero-order valence-corrected chi connectivity index (χ0v) is 13.0. The highest BCUT2D eigenvalue weighted by Crippen LogP contribution is 2.17. The quantitative estimate of drug-likeness (QED) is 0.757. The van der Waals surface area contributed by atoms with Crippen molar-refractivity contribution in [3.8, 4) is 5.75 Å². The zero-order chi connectivity index (χ0) is 12.7. The van der Waals surface area contributed by atoms with Crippen LogP contribution in [0.4, 0.5) is 0 Å². The Bertz CT molecular complexity index is 328. The SMILES string of the molecule is CCCC(CNC(C)C)Oc1cccc(I)c1. The van der Waals surface area contributed by atoms with Crippen LogP contribution in [0, 0.1) is 3.57 Å². The van der Waals surface area contributed by atoms with Gasteiger partial charge in [0.25, 0.3) is 0 Å². The van der Waals surface area contributed by atoms with Gasteiger partial charge in [0.1, 0.15) is 11.9 Å². The van der Waals surface area contributed by atoms with Gasteiger partial charge in [0.2, 0.25) is 0 Å². The third-order valence-electron chi connectivity index (χ3n) is 2.46. The Morgan fingerprint density at radius 2 is 2.12 bits per heavy atom. The minimum absolute atomic E-state index is 0.264. The van der Waals surface area contributed by atoms with Crippen molar-refractivity contribution >= 4 is 22.6 Å². The fourth-order valence-electron chi connectivity index (χ4n) is 1.62. The summed E-state index contributed by atoms with van der Waals surface area (Å²) in [7, 11) is 0. The van der Waals surface area contributed by atoms with Crippen LogP contribution in [-0.4, -0.2) is 18.7 Å². The van der Waals surface area contributed by atoms with E-state index in [2.05, 4.69) is 60.8 Å². The predicted octanol–water partition coefficient (Wildman–Crippen LogP) is 3.84. The Morgan fingerprint density at radius 1 is 1.35 bits per heavy atom. The van der Waals surface area contributed by atoms with Crippen LogP contribution in [0.2, 0.25) is 0 Å². The summed E-state index contributed by atoms with van der Waals surface area (Å²) < 4.78 is 7.23. The highest BCUT2D eigenvalue weighted by Gasteiger charge is 2.10. The summed E-state index contributed by atoms with van der Waals surface area (Å²) in [4.78, 5) is 0. The van der Waals surface area contributed by atoms with Crippen LogP contribution in [0.25, 0.3) is 0 Å².